The van der Waals surface area contributed by atoms with Crippen molar-refractivity contribution < 1.29 is 9.59 Å². The maximum atomic E-state index is 12.1. The van der Waals surface area contributed by atoms with Gasteiger partial charge >= 0.3 is 0 Å². The van der Waals surface area contributed by atoms with E-state index in [1.165, 1.54) is 0 Å². The molecular weight excluding hydrogens is 288 g/mol. The Balaban J connectivity index is 1.79. The number of nitrogens with zero attached hydrogens (tertiary/aromatic N) is 1. The largest absolute Gasteiger partial charge is 0.355 e. The first-order chi connectivity index (χ1) is 9.97. The van der Waals surface area contributed by atoms with Gasteiger partial charge in [-0.15, -0.1) is 0 Å². The fourth-order valence-electron chi connectivity index (χ4n) is 2.57. The normalized spacial score (nSPS) is 18.4. The number of nitrogens with one attached hydrogen (secondary N) is 1. The van der Waals surface area contributed by atoms with Crippen LogP contribution in [0.4, 0.5) is 0 Å². The highest BCUT2D eigenvalue weighted by molar-refractivity contribution is 6.30. The van der Waals surface area contributed by atoms with E-state index in [4.69, 9.17) is 11.6 Å². The summed E-state index contributed by atoms with van der Waals surface area (Å²) in [4.78, 5) is 25.7. The highest BCUT2D eigenvalue weighted by atomic mass is 35.5. The van der Waals surface area contributed by atoms with Gasteiger partial charge in [0.05, 0.1) is 5.92 Å². The van der Waals surface area contributed by atoms with Crippen LogP contribution in [0.3, 0.4) is 0 Å². The Hall–Kier alpha value is -1.55. The monoisotopic (exact) mass is 308 g/mol. The van der Waals surface area contributed by atoms with Crippen molar-refractivity contribution in [3.05, 3.63) is 34.9 Å². The Morgan fingerprint density at radius 1 is 1.48 bits per heavy atom. The van der Waals surface area contributed by atoms with Gasteiger partial charge in [-0.2, -0.15) is 0 Å². The van der Waals surface area contributed by atoms with Crippen LogP contribution in [-0.4, -0.2) is 35.8 Å². The molecule has 0 radical (unpaired) electrons. The predicted octanol–water partition coefficient (Wildman–Crippen LogP) is 2.26. The molecule has 0 aromatic heterocycles. The van der Waals surface area contributed by atoms with Gasteiger partial charge in [0.1, 0.15) is 0 Å². The number of halogens is 1. The lowest BCUT2D eigenvalue weighted by Crippen LogP contribution is -2.36. The maximum Gasteiger partial charge on any atom is 0.225 e. The van der Waals surface area contributed by atoms with Crippen LogP contribution < -0.4 is 5.32 Å². The Labute approximate surface area is 130 Å². The molecule has 0 unspecified atom stereocenters. The molecule has 1 fully saturated rings. The first-order valence-electron chi connectivity index (χ1n) is 7.29. The van der Waals surface area contributed by atoms with Crippen molar-refractivity contribution in [1.82, 2.24) is 10.2 Å². The molecule has 0 aliphatic carbocycles. The Morgan fingerprint density at radius 3 is 2.86 bits per heavy atom. The summed E-state index contributed by atoms with van der Waals surface area (Å²) in [5.74, 6) is -0.187. The highest BCUT2D eigenvalue weighted by Gasteiger charge is 2.35. The van der Waals surface area contributed by atoms with Crippen molar-refractivity contribution in [3.63, 3.8) is 0 Å². The molecular formula is C16H21ClN2O2. The number of hydrogen-bond donors (Lipinski definition) is 1. The fraction of sp³-hybridized carbons (Fsp3) is 0.500. The molecule has 5 heteroatoms. The third-order valence-corrected chi connectivity index (χ3v) is 3.99. The summed E-state index contributed by atoms with van der Waals surface area (Å²) in [7, 11) is 0. The van der Waals surface area contributed by atoms with Crippen molar-refractivity contribution in [1.29, 1.82) is 0 Å². The van der Waals surface area contributed by atoms with Gasteiger partial charge in [-0.05, 0) is 38.0 Å². The zero-order valence-corrected chi connectivity index (χ0v) is 13.2. The molecule has 2 rings (SSSR count). The average Bonchev–Trinajstić information content (AvgIpc) is 2.81. The quantitative estimate of drug-likeness (QED) is 0.907. The van der Waals surface area contributed by atoms with Crippen LogP contribution in [0.5, 0.6) is 0 Å². The molecule has 0 bridgehead atoms. The first-order valence-corrected chi connectivity index (χ1v) is 7.67. The Kier molecular flexibility index (Phi) is 5.23. The van der Waals surface area contributed by atoms with E-state index in [0.29, 0.717) is 24.5 Å². The molecule has 1 aliphatic rings. The second-order valence-corrected chi connectivity index (χ2v) is 6.15. The molecule has 1 aromatic rings. The van der Waals surface area contributed by atoms with Crippen LogP contribution >= 0.6 is 11.6 Å². The number of rotatable bonds is 5. The van der Waals surface area contributed by atoms with Crippen LogP contribution in [0.1, 0.15) is 25.8 Å². The third-order valence-electron chi connectivity index (χ3n) is 3.75. The van der Waals surface area contributed by atoms with E-state index in [9.17, 15) is 9.59 Å². The molecule has 21 heavy (non-hydrogen) atoms. The molecule has 0 spiro atoms. The van der Waals surface area contributed by atoms with Crippen LogP contribution in [0, 0.1) is 5.92 Å². The molecule has 1 saturated heterocycles. The highest BCUT2D eigenvalue weighted by Crippen LogP contribution is 2.20. The Bertz CT molecular complexity index is 531. The Morgan fingerprint density at radius 2 is 2.24 bits per heavy atom. The standard InChI is InChI=1S/C16H21ClN2O2/c1-11(2)19-10-13(9-15(19)20)16(21)18-7-6-12-4-3-5-14(17)8-12/h3-5,8,11,13H,6-7,9-10H2,1-2H3,(H,18,21)/t13-/m1/s1. The third kappa shape index (κ3) is 4.21. The van der Waals surface area contributed by atoms with Crippen molar-refractivity contribution in [3.8, 4) is 0 Å². The number of hydrogen-bond acceptors (Lipinski definition) is 2. The summed E-state index contributed by atoms with van der Waals surface area (Å²) in [5, 5.41) is 3.61. The van der Waals surface area contributed by atoms with Crippen molar-refractivity contribution >= 4 is 23.4 Å². The summed E-state index contributed by atoms with van der Waals surface area (Å²) < 4.78 is 0. The van der Waals surface area contributed by atoms with Crippen molar-refractivity contribution in [2.45, 2.75) is 32.7 Å². The average molecular weight is 309 g/mol. The fourth-order valence-corrected chi connectivity index (χ4v) is 2.79. The molecule has 4 nitrogen and oxygen atoms in total. The second-order valence-electron chi connectivity index (χ2n) is 5.71. The minimum atomic E-state index is -0.223. The van der Waals surface area contributed by atoms with E-state index in [-0.39, 0.29) is 23.8 Å². The van der Waals surface area contributed by atoms with Crippen molar-refractivity contribution in [2.24, 2.45) is 5.92 Å². The lowest BCUT2D eigenvalue weighted by atomic mass is 10.1. The van der Waals surface area contributed by atoms with Crippen LogP contribution in [0.25, 0.3) is 0 Å². The van der Waals surface area contributed by atoms with Crippen molar-refractivity contribution in [2.75, 3.05) is 13.1 Å². The number of amides is 2. The number of benzene rings is 1. The summed E-state index contributed by atoms with van der Waals surface area (Å²) in [5.41, 5.74) is 1.09. The molecule has 1 N–H and O–H groups in total. The van der Waals surface area contributed by atoms with Crippen LogP contribution in [0.15, 0.2) is 24.3 Å². The van der Waals surface area contributed by atoms with Gasteiger partial charge in [-0.3, -0.25) is 9.59 Å². The minimum absolute atomic E-state index is 0.0338. The smallest absolute Gasteiger partial charge is 0.225 e. The topological polar surface area (TPSA) is 49.4 Å². The molecule has 1 heterocycles. The molecule has 114 valence electrons. The minimum Gasteiger partial charge on any atom is -0.355 e. The van der Waals surface area contributed by atoms with E-state index < -0.39 is 0 Å². The number of likely N-dealkylation sites (tertiary alicyclic amines) is 1. The summed E-state index contributed by atoms with van der Waals surface area (Å²) >= 11 is 5.92. The lowest BCUT2D eigenvalue weighted by Gasteiger charge is -2.20. The maximum absolute atomic E-state index is 12.1. The van der Waals surface area contributed by atoms with Gasteiger partial charge in [-0.25, -0.2) is 0 Å². The molecule has 0 saturated carbocycles. The van der Waals surface area contributed by atoms with Crippen LogP contribution in [-0.2, 0) is 16.0 Å². The summed E-state index contributed by atoms with van der Waals surface area (Å²) in [6, 6.07) is 7.76. The molecule has 1 atom stereocenters. The lowest BCUT2D eigenvalue weighted by molar-refractivity contribution is -0.129. The van der Waals surface area contributed by atoms with Gasteiger partial charge in [0.15, 0.2) is 0 Å². The number of carbonyl (C=O) groups is 2. The van der Waals surface area contributed by atoms with E-state index in [2.05, 4.69) is 5.32 Å². The van der Waals surface area contributed by atoms with E-state index in [1.807, 2.05) is 38.1 Å². The van der Waals surface area contributed by atoms with Gasteiger partial charge in [0, 0.05) is 30.6 Å². The van der Waals surface area contributed by atoms with E-state index in [0.717, 1.165) is 12.0 Å². The van der Waals surface area contributed by atoms with E-state index >= 15 is 0 Å². The molecule has 1 aliphatic heterocycles. The SMILES string of the molecule is CC(C)N1C[C@H](C(=O)NCCc2cccc(Cl)c2)CC1=O. The summed E-state index contributed by atoms with van der Waals surface area (Å²) in [6.07, 6.45) is 1.06. The zero-order valence-electron chi connectivity index (χ0n) is 12.4. The predicted molar refractivity (Wildman–Crippen MR) is 83.1 cm³/mol. The first kappa shape index (κ1) is 15.8. The second kappa shape index (κ2) is 6.94. The van der Waals surface area contributed by atoms with Crippen LogP contribution in [0.2, 0.25) is 5.02 Å². The summed E-state index contributed by atoms with van der Waals surface area (Å²) in [6.45, 7) is 5.03. The molecule has 1 aromatic carbocycles. The van der Waals surface area contributed by atoms with Gasteiger partial charge in [0.2, 0.25) is 11.8 Å². The zero-order chi connectivity index (χ0) is 15.4. The van der Waals surface area contributed by atoms with Gasteiger partial charge < -0.3 is 10.2 Å². The number of carbonyl (C=O) groups excluding carboxylic acids is 2. The van der Waals surface area contributed by atoms with Gasteiger partial charge in [-0.1, -0.05) is 23.7 Å². The van der Waals surface area contributed by atoms with Gasteiger partial charge in [0.25, 0.3) is 0 Å². The van der Waals surface area contributed by atoms with E-state index in [1.54, 1.807) is 4.90 Å². The molecule has 2 amide bonds.